The molecule has 2 aliphatic heterocycles. The van der Waals surface area contributed by atoms with Crippen LogP contribution in [0.15, 0.2) is 24.3 Å². The first-order chi connectivity index (χ1) is 10.2. The Balaban J connectivity index is 2.03. The fourth-order valence-corrected chi connectivity index (χ4v) is 4.46. The zero-order valence-electron chi connectivity index (χ0n) is 11.9. The van der Waals surface area contributed by atoms with Crippen molar-refractivity contribution in [3.05, 3.63) is 29.8 Å². The minimum absolute atomic E-state index is 0.185. The van der Waals surface area contributed by atoms with Gasteiger partial charge in [0.1, 0.15) is 11.2 Å². The van der Waals surface area contributed by atoms with Crippen LogP contribution in [0.2, 0.25) is 0 Å². The Morgan fingerprint density at radius 1 is 1.33 bits per heavy atom. The van der Waals surface area contributed by atoms with Crippen LogP contribution in [0, 0.1) is 0 Å². The van der Waals surface area contributed by atoms with Crippen molar-refractivity contribution in [1.29, 1.82) is 0 Å². The third-order valence-electron chi connectivity index (χ3n) is 5.20. The quantitative estimate of drug-likeness (QED) is 0.735. The van der Waals surface area contributed by atoms with Gasteiger partial charge in [0, 0.05) is 6.42 Å². The summed E-state index contributed by atoms with van der Waals surface area (Å²) in [5.41, 5.74) is 0.0618. The highest BCUT2D eigenvalue weighted by Gasteiger charge is 2.71. The van der Waals surface area contributed by atoms with E-state index in [2.05, 4.69) is 0 Å². The number of methoxy groups -OCH3 is 1. The maximum atomic E-state index is 12.8. The van der Waals surface area contributed by atoms with Crippen LogP contribution in [0.25, 0.3) is 0 Å². The molecule has 21 heavy (non-hydrogen) atoms. The van der Waals surface area contributed by atoms with Crippen molar-refractivity contribution in [3.63, 3.8) is 0 Å². The van der Waals surface area contributed by atoms with E-state index in [4.69, 9.17) is 9.47 Å². The summed E-state index contributed by atoms with van der Waals surface area (Å²) < 4.78 is 11.0. The molecule has 1 saturated heterocycles. The van der Waals surface area contributed by atoms with E-state index in [-0.39, 0.29) is 5.78 Å². The van der Waals surface area contributed by atoms with Crippen LogP contribution in [0.5, 0.6) is 0 Å². The van der Waals surface area contributed by atoms with Gasteiger partial charge in [0.2, 0.25) is 0 Å². The van der Waals surface area contributed by atoms with E-state index in [1.165, 1.54) is 7.11 Å². The number of hydrogen-bond donors (Lipinski definition) is 0. The molecule has 5 nitrogen and oxygen atoms in total. The fraction of sp³-hybridized carbons (Fsp3) is 0.500. The molecule has 110 valence electrons. The summed E-state index contributed by atoms with van der Waals surface area (Å²) in [7, 11) is 1.36. The topological polar surface area (TPSA) is 55.8 Å². The van der Waals surface area contributed by atoms with Crippen LogP contribution in [0.1, 0.15) is 31.2 Å². The molecule has 3 aliphatic rings. The predicted molar refractivity (Wildman–Crippen MR) is 75.2 cm³/mol. The van der Waals surface area contributed by atoms with E-state index < -0.39 is 17.2 Å². The van der Waals surface area contributed by atoms with Gasteiger partial charge in [0.25, 0.3) is 0 Å². The van der Waals surface area contributed by atoms with Gasteiger partial charge in [0.15, 0.2) is 5.72 Å². The summed E-state index contributed by atoms with van der Waals surface area (Å²) in [6.45, 7) is 0.494. The average Bonchev–Trinajstić information content (AvgIpc) is 2.99. The lowest BCUT2D eigenvalue weighted by Crippen LogP contribution is -2.62. The Labute approximate surface area is 122 Å². The van der Waals surface area contributed by atoms with Gasteiger partial charge in [-0.15, -0.1) is 0 Å². The monoisotopic (exact) mass is 287 g/mol. The van der Waals surface area contributed by atoms with Gasteiger partial charge in [-0.1, -0.05) is 18.2 Å². The number of anilines is 1. The second-order valence-electron chi connectivity index (χ2n) is 5.89. The Bertz CT molecular complexity index is 643. The zero-order valence-corrected chi connectivity index (χ0v) is 11.9. The van der Waals surface area contributed by atoms with E-state index in [0.29, 0.717) is 25.9 Å². The summed E-state index contributed by atoms with van der Waals surface area (Å²) in [6, 6.07) is 7.61. The van der Waals surface area contributed by atoms with Crippen molar-refractivity contribution < 1.29 is 19.1 Å². The molecule has 0 aromatic heterocycles. The highest BCUT2D eigenvalue weighted by Crippen LogP contribution is 2.62. The molecule has 0 unspecified atom stereocenters. The SMILES string of the molecule is COC(=O)N1c2ccccc2[C@]23CCO[C@]12CCCC3=O. The Kier molecular flexibility index (Phi) is 2.49. The number of benzene rings is 1. The molecule has 2 fully saturated rings. The molecule has 2 heterocycles. The summed E-state index contributed by atoms with van der Waals surface area (Å²) in [6.07, 6.45) is 2.14. The number of Topliss-reactive ketones (excluding diaryl/α,β-unsaturated/α-hetero) is 1. The molecule has 1 aliphatic carbocycles. The molecule has 1 aromatic rings. The largest absolute Gasteiger partial charge is 0.452 e. The first-order valence-electron chi connectivity index (χ1n) is 7.32. The molecule has 1 amide bonds. The minimum Gasteiger partial charge on any atom is -0.452 e. The molecule has 4 rings (SSSR count). The number of ketones is 1. The number of rotatable bonds is 0. The lowest BCUT2D eigenvalue weighted by molar-refractivity contribution is -0.136. The first-order valence-corrected chi connectivity index (χ1v) is 7.32. The number of amides is 1. The van der Waals surface area contributed by atoms with Crippen molar-refractivity contribution in [3.8, 4) is 0 Å². The number of hydrogen-bond acceptors (Lipinski definition) is 4. The second-order valence-corrected chi connectivity index (χ2v) is 5.89. The molecular formula is C16H17NO4. The van der Waals surface area contributed by atoms with Gasteiger partial charge < -0.3 is 9.47 Å². The number of fused-ring (bicyclic) bond motifs is 1. The summed E-state index contributed by atoms with van der Waals surface area (Å²) >= 11 is 0. The Hall–Kier alpha value is -1.88. The number of carbonyl (C=O) groups excluding carboxylic acids is 2. The van der Waals surface area contributed by atoms with E-state index in [0.717, 1.165) is 17.7 Å². The lowest BCUT2D eigenvalue weighted by atomic mass is 9.64. The van der Waals surface area contributed by atoms with Crippen molar-refractivity contribution in [1.82, 2.24) is 0 Å². The predicted octanol–water partition coefficient (Wildman–Crippen LogP) is 2.38. The van der Waals surface area contributed by atoms with E-state index >= 15 is 0 Å². The summed E-state index contributed by atoms with van der Waals surface area (Å²) in [5, 5.41) is 0. The molecule has 0 N–H and O–H groups in total. The van der Waals surface area contributed by atoms with Crippen molar-refractivity contribution in [2.24, 2.45) is 0 Å². The van der Waals surface area contributed by atoms with Crippen LogP contribution in [-0.4, -0.2) is 31.3 Å². The molecule has 0 radical (unpaired) electrons. The number of ether oxygens (including phenoxy) is 2. The van der Waals surface area contributed by atoms with Gasteiger partial charge >= 0.3 is 6.09 Å². The number of nitrogens with zero attached hydrogens (tertiary/aromatic N) is 1. The zero-order chi connectivity index (χ0) is 14.7. The van der Waals surface area contributed by atoms with E-state index in [1.807, 2.05) is 24.3 Å². The van der Waals surface area contributed by atoms with Gasteiger partial charge in [-0.3, -0.25) is 4.79 Å². The van der Waals surface area contributed by atoms with Crippen LogP contribution >= 0.6 is 0 Å². The van der Waals surface area contributed by atoms with Crippen LogP contribution in [-0.2, 0) is 19.7 Å². The molecule has 5 heteroatoms. The molecule has 1 aromatic carbocycles. The minimum atomic E-state index is -0.890. The van der Waals surface area contributed by atoms with Gasteiger partial charge in [-0.25, -0.2) is 9.69 Å². The Morgan fingerprint density at radius 2 is 2.14 bits per heavy atom. The second kappa shape index (κ2) is 4.07. The summed E-state index contributed by atoms with van der Waals surface area (Å²) in [5.74, 6) is 0.185. The van der Waals surface area contributed by atoms with Crippen LogP contribution in [0.4, 0.5) is 10.5 Å². The Morgan fingerprint density at radius 3 is 2.95 bits per heavy atom. The molecule has 0 bridgehead atoms. The normalized spacial score (nSPS) is 33.4. The van der Waals surface area contributed by atoms with Gasteiger partial charge in [0.05, 0.1) is 19.4 Å². The highest BCUT2D eigenvalue weighted by molar-refractivity contribution is 6.04. The van der Waals surface area contributed by atoms with Crippen LogP contribution < -0.4 is 4.90 Å². The smallest absolute Gasteiger partial charge is 0.416 e. The molecule has 1 saturated carbocycles. The maximum Gasteiger partial charge on any atom is 0.416 e. The fourth-order valence-electron chi connectivity index (χ4n) is 4.46. The van der Waals surface area contributed by atoms with Crippen molar-refractivity contribution in [2.75, 3.05) is 18.6 Å². The van der Waals surface area contributed by atoms with Crippen LogP contribution in [0.3, 0.4) is 0 Å². The lowest BCUT2D eigenvalue weighted by Gasteiger charge is -2.45. The van der Waals surface area contributed by atoms with Gasteiger partial charge in [-0.2, -0.15) is 0 Å². The first kappa shape index (κ1) is 12.8. The molecular weight excluding hydrogens is 270 g/mol. The van der Waals surface area contributed by atoms with Crippen molar-refractivity contribution >= 4 is 17.6 Å². The average molecular weight is 287 g/mol. The maximum absolute atomic E-state index is 12.8. The third-order valence-corrected chi connectivity index (χ3v) is 5.20. The molecule has 0 spiro atoms. The highest BCUT2D eigenvalue weighted by atomic mass is 16.6. The third kappa shape index (κ3) is 1.26. The molecule has 2 atom stereocenters. The van der Waals surface area contributed by atoms with E-state index in [9.17, 15) is 9.59 Å². The van der Waals surface area contributed by atoms with Gasteiger partial charge in [-0.05, 0) is 30.9 Å². The number of carbonyl (C=O) groups is 2. The standard InChI is InChI=1S/C16H17NO4/c1-20-14(19)17-12-6-3-2-5-11(12)15-9-10-21-16(15,17)8-4-7-13(15)18/h2-3,5-6H,4,7-10H2,1H3/t15-,16-/m0/s1. The van der Waals surface area contributed by atoms with E-state index in [1.54, 1.807) is 4.90 Å². The number of para-hydroxylation sites is 1. The van der Waals surface area contributed by atoms with Crippen molar-refractivity contribution in [2.45, 2.75) is 36.8 Å². The summed E-state index contributed by atoms with van der Waals surface area (Å²) in [4.78, 5) is 26.8.